The Bertz CT molecular complexity index is 1400. The van der Waals surface area contributed by atoms with Crippen molar-refractivity contribution in [3.05, 3.63) is 95.6 Å². The van der Waals surface area contributed by atoms with E-state index in [2.05, 4.69) is 5.32 Å². The third-order valence-electron chi connectivity index (χ3n) is 7.07. The van der Waals surface area contributed by atoms with Crippen LogP contribution in [0.2, 0.25) is 0 Å². The Morgan fingerprint density at radius 2 is 1.68 bits per heavy atom. The highest BCUT2D eigenvalue weighted by Crippen LogP contribution is 2.56. The largest absolute Gasteiger partial charge is 0.508 e. The Morgan fingerprint density at radius 3 is 2.35 bits per heavy atom. The molecule has 8 nitrogen and oxygen atoms in total. The van der Waals surface area contributed by atoms with Gasteiger partial charge in [0.2, 0.25) is 5.91 Å². The number of phenolic OH excluding ortho intramolecular Hbond substituents is 1. The number of hydrogen-bond acceptors (Lipinski definition) is 7. The van der Waals surface area contributed by atoms with Gasteiger partial charge in [-0.05, 0) is 41.8 Å². The summed E-state index contributed by atoms with van der Waals surface area (Å²) in [4.78, 5) is 46.7. The molecule has 2 N–H and O–H groups in total. The molecule has 3 aromatic rings. The molecule has 188 valence electrons. The van der Waals surface area contributed by atoms with E-state index >= 15 is 0 Å². The van der Waals surface area contributed by atoms with Crippen LogP contribution in [0.4, 0.5) is 5.69 Å². The minimum absolute atomic E-state index is 0.0474. The van der Waals surface area contributed by atoms with Crippen molar-refractivity contribution < 1.29 is 29.0 Å². The number of phenols is 1. The number of benzene rings is 3. The molecule has 0 unspecified atom stereocenters. The number of fused-ring (bicyclic) bond motifs is 2. The number of methoxy groups -OCH3 is 1. The van der Waals surface area contributed by atoms with E-state index in [1.807, 2.05) is 18.2 Å². The van der Waals surface area contributed by atoms with Crippen LogP contribution in [0.1, 0.15) is 23.6 Å². The number of ether oxygens (including phenoxy) is 2. The van der Waals surface area contributed by atoms with Crippen molar-refractivity contribution in [2.45, 2.75) is 24.3 Å². The highest BCUT2D eigenvalue weighted by atomic mass is 16.5. The molecule has 8 heteroatoms. The minimum Gasteiger partial charge on any atom is -0.508 e. The van der Waals surface area contributed by atoms with Crippen molar-refractivity contribution in [1.29, 1.82) is 0 Å². The molecule has 3 aromatic carbocycles. The van der Waals surface area contributed by atoms with Crippen molar-refractivity contribution in [3.63, 3.8) is 0 Å². The Labute approximate surface area is 213 Å². The van der Waals surface area contributed by atoms with Crippen molar-refractivity contribution in [1.82, 2.24) is 0 Å². The number of esters is 2. The molecular weight excluding hydrogens is 472 g/mol. The second-order valence-corrected chi connectivity index (χ2v) is 9.08. The predicted molar refractivity (Wildman–Crippen MR) is 136 cm³/mol. The van der Waals surface area contributed by atoms with Crippen LogP contribution >= 0.6 is 0 Å². The van der Waals surface area contributed by atoms with Crippen LogP contribution in [0.5, 0.6) is 5.75 Å². The number of hydrogen-bond donors (Lipinski definition) is 2. The lowest BCUT2D eigenvalue weighted by Crippen LogP contribution is -2.58. The average molecular weight is 499 g/mol. The zero-order valence-corrected chi connectivity index (χ0v) is 20.4. The zero-order chi connectivity index (χ0) is 26.2. The summed E-state index contributed by atoms with van der Waals surface area (Å²) in [5.74, 6) is -3.27. The number of aromatic hydroxyl groups is 1. The first-order valence-electron chi connectivity index (χ1n) is 12.0. The van der Waals surface area contributed by atoms with E-state index in [4.69, 9.17) is 14.5 Å². The highest BCUT2D eigenvalue weighted by molar-refractivity contribution is 6.32. The monoisotopic (exact) mass is 498 g/mol. The van der Waals surface area contributed by atoms with Gasteiger partial charge in [-0.25, -0.2) is 4.79 Å². The fraction of sp³-hybridized carbons (Fsp3) is 0.241. The van der Waals surface area contributed by atoms with Gasteiger partial charge in [0, 0.05) is 12.1 Å². The van der Waals surface area contributed by atoms with E-state index in [1.165, 1.54) is 19.2 Å². The van der Waals surface area contributed by atoms with E-state index in [0.717, 1.165) is 0 Å². The summed E-state index contributed by atoms with van der Waals surface area (Å²) in [7, 11) is 1.23. The van der Waals surface area contributed by atoms with Crippen LogP contribution in [0, 0.1) is 5.92 Å². The first kappa shape index (κ1) is 24.2. The number of amides is 1. The van der Waals surface area contributed by atoms with Crippen LogP contribution in [0.3, 0.4) is 0 Å². The lowest BCUT2D eigenvalue weighted by Gasteiger charge is -2.36. The minimum atomic E-state index is -1.82. The summed E-state index contributed by atoms with van der Waals surface area (Å²) in [6.45, 7) is 1.72. The molecule has 1 amide bonds. The Hall–Kier alpha value is -4.46. The first-order valence-corrected chi connectivity index (χ1v) is 12.0. The van der Waals surface area contributed by atoms with Gasteiger partial charge in [0.05, 0.1) is 19.4 Å². The van der Waals surface area contributed by atoms with Crippen LogP contribution in [0.15, 0.2) is 83.9 Å². The first-order chi connectivity index (χ1) is 17.9. The van der Waals surface area contributed by atoms with Crippen molar-refractivity contribution in [3.8, 4) is 5.75 Å². The molecule has 0 bridgehead atoms. The summed E-state index contributed by atoms with van der Waals surface area (Å²) in [6.07, 6.45) is -0.0586. The standard InChI is InChI=1S/C29H26N2O6/c1-3-37-25(33)23-28(27(35)36-2,17-18-13-15-20(32)16-14-18)31-24(19-9-5-4-6-10-19)29(23)21-11-7-8-12-22(21)30-26(29)34/h4-16,23,32H,3,17H2,1-2H3,(H,30,34)/t23-,28-,29+/m1/s1. The quantitative estimate of drug-likeness (QED) is 0.504. The lowest BCUT2D eigenvalue weighted by molar-refractivity contribution is -0.162. The van der Waals surface area contributed by atoms with Gasteiger partial charge in [0.1, 0.15) is 17.1 Å². The van der Waals surface area contributed by atoms with E-state index in [1.54, 1.807) is 55.5 Å². The summed E-state index contributed by atoms with van der Waals surface area (Å²) >= 11 is 0. The number of para-hydroxylation sites is 1. The van der Waals surface area contributed by atoms with Gasteiger partial charge >= 0.3 is 11.9 Å². The van der Waals surface area contributed by atoms with Crippen molar-refractivity contribution >= 4 is 29.2 Å². The van der Waals surface area contributed by atoms with E-state index in [0.29, 0.717) is 22.4 Å². The van der Waals surface area contributed by atoms with E-state index < -0.39 is 34.7 Å². The molecule has 0 aromatic heterocycles. The van der Waals surface area contributed by atoms with Gasteiger partial charge in [0.15, 0.2) is 5.54 Å². The molecule has 0 radical (unpaired) electrons. The topological polar surface area (TPSA) is 114 Å². The van der Waals surface area contributed by atoms with Gasteiger partial charge in [0.25, 0.3) is 0 Å². The molecule has 3 atom stereocenters. The number of carbonyl (C=O) groups excluding carboxylic acids is 3. The molecule has 2 aliphatic rings. The molecule has 0 fully saturated rings. The Morgan fingerprint density at radius 1 is 1.00 bits per heavy atom. The molecule has 2 aliphatic heterocycles. The normalized spacial score (nSPS) is 23.8. The average Bonchev–Trinajstić information content (AvgIpc) is 3.38. The van der Waals surface area contributed by atoms with Gasteiger partial charge in [-0.2, -0.15) is 0 Å². The number of nitrogens with one attached hydrogen (secondary N) is 1. The fourth-order valence-electron chi connectivity index (χ4n) is 5.61. The third-order valence-corrected chi connectivity index (χ3v) is 7.07. The highest BCUT2D eigenvalue weighted by Gasteiger charge is 2.72. The maximum absolute atomic E-state index is 14.1. The molecule has 2 heterocycles. The second kappa shape index (κ2) is 9.20. The van der Waals surface area contributed by atoms with Gasteiger partial charge in [-0.15, -0.1) is 0 Å². The van der Waals surface area contributed by atoms with Crippen molar-refractivity contribution in [2.24, 2.45) is 10.9 Å². The predicted octanol–water partition coefficient (Wildman–Crippen LogP) is 3.42. The Balaban J connectivity index is 1.86. The van der Waals surface area contributed by atoms with Crippen LogP contribution in [-0.4, -0.2) is 47.9 Å². The van der Waals surface area contributed by atoms with E-state index in [9.17, 15) is 19.5 Å². The maximum atomic E-state index is 14.1. The van der Waals surface area contributed by atoms with Crippen LogP contribution < -0.4 is 5.32 Å². The summed E-state index contributed by atoms with van der Waals surface area (Å²) in [5.41, 5.74) is -0.879. The summed E-state index contributed by atoms with van der Waals surface area (Å²) in [6, 6.07) is 22.4. The maximum Gasteiger partial charge on any atom is 0.335 e. The fourth-order valence-corrected chi connectivity index (χ4v) is 5.61. The lowest BCUT2D eigenvalue weighted by atomic mass is 9.61. The summed E-state index contributed by atoms with van der Waals surface area (Å²) in [5, 5.41) is 12.7. The van der Waals surface area contributed by atoms with Gasteiger partial charge in [-0.3, -0.25) is 14.6 Å². The van der Waals surface area contributed by atoms with Crippen LogP contribution in [0.25, 0.3) is 0 Å². The second-order valence-electron chi connectivity index (χ2n) is 9.08. The zero-order valence-electron chi connectivity index (χ0n) is 20.4. The number of nitrogens with zero attached hydrogens (tertiary/aromatic N) is 1. The molecule has 1 spiro atoms. The molecular formula is C29H26N2O6. The third kappa shape index (κ3) is 3.59. The Kier molecular flexibility index (Phi) is 6.03. The molecule has 0 saturated heterocycles. The van der Waals surface area contributed by atoms with Crippen LogP contribution in [-0.2, 0) is 35.7 Å². The SMILES string of the molecule is CCOC(=O)[C@H]1[C@]2(C(=O)Nc3ccccc32)C(c2ccccc2)=N[C@@]1(Cc1ccc(O)cc1)C(=O)OC. The van der Waals surface area contributed by atoms with E-state index in [-0.39, 0.29) is 24.5 Å². The number of anilines is 1. The molecule has 0 aliphatic carbocycles. The molecule has 5 rings (SSSR count). The number of carbonyl (C=O) groups is 3. The smallest absolute Gasteiger partial charge is 0.335 e. The molecule has 0 saturated carbocycles. The van der Waals surface area contributed by atoms with Gasteiger partial charge in [-0.1, -0.05) is 60.7 Å². The van der Waals surface area contributed by atoms with Gasteiger partial charge < -0.3 is 19.9 Å². The summed E-state index contributed by atoms with van der Waals surface area (Å²) < 4.78 is 10.8. The number of rotatable bonds is 6. The van der Waals surface area contributed by atoms with Crippen molar-refractivity contribution in [2.75, 3.05) is 19.0 Å². The number of aliphatic imine (C=N–C) groups is 1. The molecule has 37 heavy (non-hydrogen) atoms.